The van der Waals surface area contributed by atoms with Gasteiger partial charge < -0.3 is 4.74 Å². The van der Waals surface area contributed by atoms with Crippen LogP contribution in [0.15, 0.2) is 30.1 Å². The fourth-order valence-electron chi connectivity index (χ4n) is 4.37. The van der Waals surface area contributed by atoms with Crippen LogP contribution in [0.3, 0.4) is 0 Å². The van der Waals surface area contributed by atoms with Crippen molar-refractivity contribution < 1.29 is 17.9 Å². The van der Waals surface area contributed by atoms with Crippen molar-refractivity contribution in [2.75, 3.05) is 6.61 Å². The van der Waals surface area contributed by atoms with Gasteiger partial charge in [-0.25, -0.2) is 8.78 Å². The van der Waals surface area contributed by atoms with Gasteiger partial charge in [-0.15, -0.1) is 0 Å². The summed E-state index contributed by atoms with van der Waals surface area (Å²) in [7, 11) is 0. The van der Waals surface area contributed by atoms with Crippen LogP contribution in [-0.4, -0.2) is 12.7 Å². The van der Waals surface area contributed by atoms with Crippen LogP contribution in [0.4, 0.5) is 13.2 Å². The first-order valence-corrected chi connectivity index (χ1v) is 9.89. The maximum atomic E-state index is 13.4. The van der Waals surface area contributed by atoms with Crippen LogP contribution in [0, 0.1) is 34.8 Å². The van der Waals surface area contributed by atoms with Crippen molar-refractivity contribution in [2.24, 2.45) is 11.8 Å². The van der Waals surface area contributed by atoms with Crippen molar-refractivity contribution >= 4 is 0 Å². The molecule has 0 amide bonds. The van der Waals surface area contributed by atoms with Gasteiger partial charge in [0.15, 0.2) is 17.5 Å². The standard InChI is InChI=1S/C22H26F3NO/c23-19(13-26)11-15-1-3-16(4-2-15)14-27-20-8-5-17(6-9-20)18-7-10-21(24)22(25)12-18/h7,10-12,15-17,20H,1-6,8-9,14H2. The van der Waals surface area contributed by atoms with Gasteiger partial charge in [-0.1, -0.05) is 6.07 Å². The fraction of sp³-hybridized carbons (Fsp3) is 0.591. The van der Waals surface area contributed by atoms with Crippen molar-refractivity contribution in [1.29, 1.82) is 5.26 Å². The average Bonchev–Trinajstić information content (AvgIpc) is 2.70. The lowest BCUT2D eigenvalue weighted by atomic mass is 9.81. The Morgan fingerprint density at radius 1 is 1.04 bits per heavy atom. The van der Waals surface area contributed by atoms with Crippen LogP contribution < -0.4 is 0 Å². The predicted octanol–water partition coefficient (Wildman–Crippen LogP) is 6.19. The van der Waals surface area contributed by atoms with Crippen molar-refractivity contribution in [2.45, 2.75) is 63.4 Å². The highest BCUT2D eigenvalue weighted by molar-refractivity contribution is 5.22. The summed E-state index contributed by atoms with van der Waals surface area (Å²) in [5, 5.41) is 8.51. The summed E-state index contributed by atoms with van der Waals surface area (Å²) in [5.74, 6) is -1.29. The molecule has 2 aliphatic rings. The summed E-state index contributed by atoms with van der Waals surface area (Å²) in [6.45, 7) is 0.734. The van der Waals surface area contributed by atoms with E-state index < -0.39 is 17.5 Å². The first-order chi connectivity index (χ1) is 13.0. The number of nitriles is 1. The average molecular weight is 377 g/mol. The first-order valence-electron chi connectivity index (χ1n) is 9.89. The minimum atomic E-state index is -0.795. The fourth-order valence-corrected chi connectivity index (χ4v) is 4.37. The quantitative estimate of drug-likeness (QED) is 0.573. The molecule has 2 fully saturated rings. The lowest BCUT2D eigenvalue weighted by Crippen LogP contribution is -2.25. The molecule has 0 saturated heterocycles. The van der Waals surface area contributed by atoms with Gasteiger partial charge in [0.2, 0.25) is 0 Å². The molecule has 2 saturated carbocycles. The van der Waals surface area contributed by atoms with E-state index in [4.69, 9.17) is 10.00 Å². The highest BCUT2D eigenvalue weighted by Gasteiger charge is 2.26. The zero-order valence-electron chi connectivity index (χ0n) is 15.5. The van der Waals surface area contributed by atoms with Crippen LogP contribution in [-0.2, 0) is 4.74 Å². The Balaban J connectivity index is 1.38. The molecular formula is C22H26F3NO. The van der Waals surface area contributed by atoms with Gasteiger partial charge in [-0.3, -0.25) is 0 Å². The Morgan fingerprint density at radius 3 is 2.37 bits per heavy atom. The number of rotatable bonds is 5. The molecule has 27 heavy (non-hydrogen) atoms. The summed E-state index contributed by atoms with van der Waals surface area (Å²) in [5.41, 5.74) is 0.878. The topological polar surface area (TPSA) is 33.0 Å². The third-order valence-corrected chi connectivity index (χ3v) is 6.04. The predicted molar refractivity (Wildman–Crippen MR) is 97.6 cm³/mol. The second kappa shape index (κ2) is 9.41. The van der Waals surface area contributed by atoms with E-state index in [9.17, 15) is 13.2 Å². The second-order valence-corrected chi connectivity index (χ2v) is 7.89. The molecule has 0 radical (unpaired) electrons. The molecule has 0 unspecified atom stereocenters. The van der Waals surface area contributed by atoms with Gasteiger partial charge >= 0.3 is 0 Å². The Kier molecular flexibility index (Phi) is 6.95. The van der Waals surface area contributed by atoms with Crippen molar-refractivity contribution in [3.63, 3.8) is 0 Å². The number of benzene rings is 1. The minimum absolute atomic E-state index is 0.174. The second-order valence-electron chi connectivity index (χ2n) is 7.89. The van der Waals surface area contributed by atoms with E-state index in [-0.39, 0.29) is 17.9 Å². The molecule has 3 rings (SSSR count). The summed E-state index contributed by atoms with van der Waals surface area (Å²) in [6, 6.07) is 5.76. The largest absolute Gasteiger partial charge is 0.378 e. The first kappa shape index (κ1) is 19.9. The van der Waals surface area contributed by atoms with Crippen LogP contribution >= 0.6 is 0 Å². The Hall–Kier alpha value is -1.80. The normalized spacial score (nSPS) is 29.3. The van der Waals surface area contributed by atoms with Gasteiger partial charge in [0.1, 0.15) is 6.07 Å². The summed E-state index contributed by atoms with van der Waals surface area (Å²) >= 11 is 0. The molecule has 2 aliphatic carbocycles. The molecular weight excluding hydrogens is 351 g/mol. The lowest BCUT2D eigenvalue weighted by molar-refractivity contribution is -0.00341. The SMILES string of the molecule is N#CC(F)=CC1CCC(COC2CCC(c3ccc(F)c(F)c3)CC2)CC1. The molecule has 0 spiro atoms. The summed E-state index contributed by atoms with van der Waals surface area (Å²) in [4.78, 5) is 0. The van der Waals surface area contributed by atoms with Crippen LogP contribution in [0.25, 0.3) is 0 Å². The van der Waals surface area contributed by atoms with Crippen molar-refractivity contribution in [3.05, 3.63) is 47.3 Å². The molecule has 146 valence electrons. The Labute approximate surface area is 159 Å². The van der Waals surface area contributed by atoms with Crippen molar-refractivity contribution in [3.8, 4) is 6.07 Å². The zero-order chi connectivity index (χ0) is 19.2. The maximum absolute atomic E-state index is 13.4. The molecule has 5 heteroatoms. The molecule has 1 aromatic carbocycles. The van der Waals surface area contributed by atoms with E-state index in [2.05, 4.69) is 0 Å². The smallest absolute Gasteiger partial charge is 0.196 e. The minimum Gasteiger partial charge on any atom is -0.378 e. The Morgan fingerprint density at radius 2 is 1.74 bits per heavy atom. The van der Waals surface area contributed by atoms with Crippen LogP contribution in [0.2, 0.25) is 0 Å². The van der Waals surface area contributed by atoms with E-state index in [1.807, 2.05) is 0 Å². The van der Waals surface area contributed by atoms with Crippen LogP contribution in [0.5, 0.6) is 0 Å². The monoisotopic (exact) mass is 377 g/mol. The third-order valence-electron chi connectivity index (χ3n) is 6.04. The van der Waals surface area contributed by atoms with E-state index in [0.29, 0.717) is 5.92 Å². The van der Waals surface area contributed by atoms with E-state index in [1.165, 1.54) is 18.2 Å². The highest BCUT2D eigenvalue weighted by atomic mass is 19.2. The molecule has 2 nitrogen and oxygen atoms in total. The number of hydrogen-bond acceptors (Lipinski definition) is 2. The molecule has 1 aromatic rings. The third kappa shape index (κ3) is 5.59. The molecule has 0 aromatic heterocycles. The molecule has 0 heterocycles. The van der Waals surface area contributed by atoms with Gasteiger partial charge in [0, 0.05) is 6.61 Å². The van der Waals surface area contributed by atoms with Crippen molar-refractivity contribution in [1.82, 2.24) is 0 Å². The highest BCUT2D eigenvalue weighted by Crippen LogP contribution is 2.36. The van der Waals surface area contributed by atoms with Gasteiger partial charge in [-0.05, 0) is 92.9 Å². The molecule has 0 N–H and O–H groups in total. The van der Waals surface area contributed by atoms with E-state index in [0.717, 1.165) is 63.5 Å². The van der Waals surface area contributed by atoms with Gasteiger partial charge in [0.05, 0.1) is 6.10 Å². The number of halogens is 3. The number of hydrogen-bond donors (Lipinski definition) is 0. The van der Waals surface area contributed by atoms with Gasteiger partial charge in [0.25, 0.3) is 0 Å². The number of allylic oxidation sites excluding steroid dienone is 2. The maximum Gasteiger partial charge on any atom is 0.196 e. The lowest BCUT2D eigenvalue weighted by Gasteiger charge is -2.32. The van der Waals surface area contributed by atoms with Gasteiger partial charge in [-0.2, -0.15) is 9.65 Å². The van der Waals surface area contributed by atoms with E-state index >= 15 is 0 Å². The summed E-state index contributed by atoms with van der Waals surface area (Å²) < 4.78 is 45.6. The molecule has 0 atom stereocenters. The number of nitrogens with zero attached hydrogens (tertiary/aromatic N) is 1. The Bertz CT molecular complexity index is 696. The molecule has 0 aliphatic heterocycles. The zero-order valence-corrected chi connectivity index (χ0v) is 15.5. The molecule has 0 bridgehead atoms. The van der Waals surface area contributed by atoms with E-state index in [1.54, 1.807) is 12.1 Å². The summed E-state index contributed by atoms with van der Waals surface area (Å²) in [6.07, 6.45) is 9.26. The number of ether oxygens (including phenoxy) is 1. The van der Waals surface area contributed by atoms with Crippen LogP contribution in [0.1, 0.15) is 62.8 Å².